The zero-order valence-corrected chi connectivity index (χ0v) is 17.4. The van der Waals surface area contributed by atoms with Crippen LogP contribution in [0.1, 0.15) is 23.3 Å². The number of benzene rings is 1. The number of thiophene rings is 1. The quantitative estimate of drug-likeness (QED) is 0.693. The number of amides is 1. The lowest BCUT2D eigenvalue weighted by atomic mass is 9.97. The third-order valence-corrected chi connectivity index (χ3v) is 9.07. The summed E-state index contributed by atoms with van der Waals surface area (Å²) in [5.74, 6) is 0.479. The van der Waals surface area contributed by atoms with Gasteiger partial charge in [-0.2, -0.15) is 0 Å². The third-order valence-electron chi connectivity index (χ3n) is 5.73. The molecule has 4 heterocycles. The molecule has 0 aliphatic carbocycles. The molecule has 3 atom stereocenters. The molecule has 1 amide bonds. The van der Waals surface area contributed by atoms with Crippen LogP contribution in [0.4, 0.5) is 0 Å². The number of aromatic nitrogens is 1. The van der Waals surface area contributed by atoms with Gasteiger partial charge in [0.1, 0.15) is 9.90 Å². The topological polar surface area (TPSA) is 79.4 Å². The number of pyridine rings is 1. The number of nitrogens with one attached hydrogen (secondary N) is 1. The van der Waals surface area contributed by atoms with Crippen LogP contribution in [0.25, 0.3) is 10.1 Å². The lowest BCUT2D eigenvalue weighted by Gasteiger charge is -2.30. The summed E-state index contributed by atoms with van der Waals surface area (Å²) in [5, 5.41) is 3.83. The number of carbonyl (C=O) groups is 1. The highest BCUT2D eigenvalue weighted by atomic mass is 32.2. The number of piperidine rings is 1. The second-order valence-electron chi connectivity index (χ2n) is 7.81. The molecule has 1 N–H and O–H groups in total. The molecule has 2 bridgehead atoms. The number of fused-ring (bicyclic) bond motifs is 3. The van der Waals surface area contributed by atoms with Gasteiger partial charge in [0.25, 0.3) is 5.91 Å². The van der Waals surface area contributed by atoms with Gasteiger partial charge >= 0.3 is 0 Å². The van der Waals surface area contributed by atoms with Crippen LogP contribution in [0.15, 0.2) is 57.8 Å². The van der Waals surface area contributed by atoms with Crippen LogP contribution in [0, 0.1) is 5.92 Å². The molecule has 0 radical (unpaired) electrons. The molecule has 2 saturated heterocycles. The van der Waals surface area contributed by atoms with Gasteiger partial charge in [-0.25, -0.2) is 8.42 Å². The number of carbonyl (C=O) groups excluding carboxylic acids is 1. The lowest BCUT2D eigenvalue weighted by molar-refractivity contribution is 0.0904. The lowest BCUT2D eigenvalue weighted by Crippen LogP contribution is -2.47. The molecule has 8 heteroatoms. The van der Waals surface area contributed by atoms with Crippen LogP contribution in [0.3, 0.4) is 0 Å². The van der Waals surface area contributed by atoms with Crippen LogP contribution < -0.4 is 5.32 Å². The number of sulfone groups is 1. The van der Waals surface area contributed by atoms with Crippen LogP contribution in [0.2, 0.25) is 0 Å². The molecule has 3 aromatic rings. The largest absolute Gasteiger partial charge is 0.347 e. The Morgan fingerprint density at radius 3 is 2.79 bits per heavy atom. The second-order valence-corrected chi connectivity index (χ2v) is 11.1. The first-order valence-electron chi connectivity index (χ1n) is 9.72. The average Bonchev–Trinajstić information content (AvgIpc) is 3.31. The highest BCUT2D eigenvalue weighted by Gasteiger charge is 2.33. The molecular formula is C21H21N3O3S2. The minimum absolute atomic E-state index is 0.151. The fourth-order valence-corrected chi connectivity index (χ4v) is 7.13. The summed E-state index contributed by atoms with van der Waals surface area (Å²) in [6, 6.07) is 11.8. The van der Waals surface area contributed by atoms with Gasteiger partial charge in [0, 0.05) is 35.4 Å². The summed E-state index contributed by atoms with van der Waals surface area (Å²) in [7, 11) is -3.58. The SMILES string of the molecule is O=C(N[C@@H]1C[C@@H]2CCN(C2)C1)c1cc2sc(S(=O)(=O)c3ccccc3)cc2cn1. The van der Waals surface area contributed by atoms with Crippen molar-refractivity contribution in [1.29, 1.82) is 0 Å². The Balaban J connectivity index is 1.39. The van der Waals surface area contributed by atoms with E-state index in [2.05, 4.69) is 15.2 Å². The monoisotopic (exact) mass is 427 g/mol. The highest BCUT2D eigenvalue weighted by Crippen LogP contribution is 2.33. The number of rotatable bonds is 4. The Labute approximate surface area is 173 Å². The van der Waals surface area contributed by atoms with Crippen molar-refractivity contribution in [2.45, 2.75) is 28.0 Å². The second kappa shape index (κ2) is 7.19. The van der Waals surface area contributed by atoms with Gasteiger partial charge in [0.15, 0.2) is 0 Å². The van der Waals surface area contributed by atoms with Gasteiger partial charge in [0.2, 0.25) is 9.84 Å². The van der Waals surface area contributed by atoms with Crippen molar-refractivity contribution in [1.82, 2.24) is 15.2 Å². The van der Waals surface area contributed by atoms with Gasteiger partial charge in [0.05, 0.1) is 4.90 Å². The molecule has 6 nitrogen and oxygen atoms in total. The Kier molecular flexibility index (Phi) is 4.64. The van der Waals surface area contributed by atoms with Crippen LogP contribution in [0.5, 0.6) is 0 Å². The summed E-state index contributed by atoms with van der Waals surface area (Å²) in [6.45, 7) is 3.16. The Morgan fingerprint density at radius 2 is 2.00 bits per heavy atom. The van der Waals surface area contributed by atoms with Gasteiger partial charge in [-0.05, 0) is 49.6 Å². The molecule has 2 aliphatic heterocycles. The zero-order valence-electron chi connectivity index (χ0n) is 15.7. The van der Waals surface area contributed by atoms with E-state index in [9.17, 15) is 13.2 Å². The van der Waals surface area contributed by atoms with Gasteiger partial charge in [-0.1, -0.05) is 18.2 Å². The Bertz CT molecular complexity index is 1160. The highest BCUT2D eigenvalue weighted by molar-refractivity contribution is 7.93. The van der Waals surface area contributed by atoms with Crippen molar-refractivity contribution in [3.8, 4) is 0 Å². The van der Waals surface area contributed by atoms with Crippen molar-refractivity contribution < 1.29 is 13.2 Å². The molecule has 2 aliphatic rings. The van der Waals surface area contributed by atoms with Crippen LogP contribution in [-0.2, 0) is 9.84 Å². The van der Waals surface area contributed by atoms with E-state index >= 15 is 0 Å². The van der Waals surface area contributed by atoms with E-state index in [-0.39, 0.29) is 21.1 Å². The first-order valence-corrected chi connectivity index (χ1v) is 12.0. The molecule has 5 rings (SSSR count). The van der Waals surface area contributed by atoms with E-state index < -0.39 is 9.84 Å². The molecule has 2 fully saturated rings. The first kappa shape index (κ1) is 18.7. The van der Waals surface area contributed by atoms with Crippen molar-refractivity contribution in [3.63, 3.8) is 0 Å². The maximum atomic E-state index is 12.9. The average molecular weight is 428 g/mol. The summed E-state index contributed by atoms with van der Waals surface area (Å²) in [4.78, 5) is 19.7. The molecule has 0 saturated carbocycles. The fourth-order valence-electron chi connectivity index (χ4n) is 4.31. The predicted octanol–water partition coefficient (Wildman–Crippen LogP) is 2.95. The van der Waals surface area contributed by atoms with Crippen LogP contribution in [-0.4, -0.2) is 49.9 Å². The molecule has 1 unspecified atom stereocenters. The smallest absolute Gasteiger partial charge is 0.270 e. The summed E-state index contributed by atoms with van der Waals surface area (Å²) in [6.07, 6.45) is 3.81. The molecule has 1 aromatic carbocycles. The summed E-state index contributed by atoms with van der Waals surface area (Å²) < 4.78 is 26.7. The Hall–Kier alpha value is -2.29. The van der Waals surface area contributed by atoms with E-state index in [4.69, 9.17) is 0 Å². The minimum atomic E-state index is -3.58. The molecular weight excluding hydrogens is 406 g/mol. The molecule has 2 aromatic heterocycles. The molecule has 0 spiro atoms. The third kappa shape index (κ3) is 3.56. The number of hydrogen-bond acceptors (Lipinski definition) is 6. The maximum Gasteiger partial charge on any atom is 0.270 e. The van der Waals surface area contributed by atoms with Crippen molar-refractivity contribution >= 4 is 37.2 Å². The number of nitrogens with zero attached hydrogens (tertiary/aromatic N) is 2. The molecule has 29 heavy (non-hydrogen) atoms. The standard InChI is InChI=1S/C21H21N3O3S2/c25-21(23-16-8-14-6-7-24(12-14)13-16)18-10-19-15(11-22-18)9-20(28-19)29(26,27)17-4-2-1-3-5-17/h1-5,9-11,14,16H,6-8,12-13H2,(H,23,25)/t14-,16+/m0/s1. The van der Waals surface area contributed by atoms with Gasteiger partial charge in [-0.15, -0.1) is 11.3 Å². The fraction of sp³-hybridized carbons (Fsp3) is 0.333. The van der Waals surface area contributed by atoms with Crippen LogP contribution >= 0.6 is 11.3 Å². The van der Waals surface area contributed by atoms with E-state index in [0.717, 1.165) is 36.1 Å². The van der Waals surface area contributed by atoms with Crippen molar-refractivity contribution in [3.05, 3.63) is 54.4 Å². The summed E-state index contributed by atoms with van der Waals surface area (Å²) in [5.41, 5.74) is 0.330. The normalized spacial score (nSPS) is 23.9. The number of hydrogen-bond donors (Lipinski definition) is 1. The Morgan fingerprint density at radius 1 is 1.17 bits per heavy atom. The van der Waals surface area contributed by atoms with Crippen molar-refractivity contribution in [2.24, 2.45) is 5.92 Å². The van der Waals surface area contributed by atoms with E-state index in [1.54, 1.807) is 48.7 Å². The van der Waals surface area contributed by atoms with Gasteiger partial charge < -0.3 is 10.2 Å². The zero-order chi connectivity index (χ0) is 20.0. The first-order chi connectivity index (χ1) is 14.0. The van der Waals surface area contributed by atoms with E-state index in [0.29, 0.717) is 11.6 Å². The predicted molar refractivity (Wildman–Crippen MR) is 112 cm³/mol. The summed E-state index contributed by atoms with van der Waals surface area (Å²) >= 11 is 1.17. The van der Waals surface area contributed by atoms with Crippen molar-refractivity contribution in [2.75, 3.05) is 19.6 Å². The molecule has 150 valence electrons. The maximum absolute atomic E-state index is 12.9. The van der Waals surface area contributed by atoms with E-state index in [1.165, 1.54) is 17.8 Å². The minimum Gasteiger partial charge on any atom is -0.347 e. The van der Waals surface area contributed by atoms with Gasteiger partial charge in [-0.3, -0.25) is 9.78 Å². The van der Waals surface area contributed by atoms with E-state index in [1.807, 2.05) is 0 Å².